The van der Waals surface area contributed by atoms with E-state index in [0.29, 0.717) is 12.2 Å². The minimum Gasteiger partial charge on any atom is -0.399 e. The van der Waals surface area contributed by atoms with Gasteiger partial charge < -0.3 is 11.1 Å². The highest BCUT2D eigenvalue weighted by molar-refractivity contribution is 7.89. The van der Waals surface area contributed by atoms with Crippen LogP contribution in [0.25, 0.3) is 0 Å². The number of sulfonamides is 1. The van der Waals surface area contributed by atoms with Gasteiger partial charge in [-0.2, -0.15) is 0 Å². The SMILES string of the molecule is Nc1ccc(NCCS(N)(=O)=O)cc1. The highest BCUT2D eigenvalue weighted by Crippen LogP contribution is 2.09. The molecule has 0 spiro atoms. The van der Waals surface area contributed by atoms with Crippen LogP contribution in [0.5, 0.6) is 0 Å². The van der Waals surface area contributed by atoms with E-state index in [0.717, 1.165) is 5.69 Å². The van der Waals surface area contributed by atoms with Crippen molar-refractivity contribution in [3.05, 3.63) is 24.3 Å². The molecule has 0 unspecified atom stereocenters. The Morgan fingerprint density at radius 2 is 1.79 bits per heavy atom. The van der Waals surface area contributed by atoms with Gasteiger partial charge in [-0.3, -0.25) is 0 Å². The average molecular weight is 215 g/mol. The van der Waals surface area contributed by atoms with Crippen molar-refractivity contribution < 1.29 is 8.42 Å². The molecule has 1 aromatic carbocycles. The van der Waals surface area contributed by atoms with Gasteiger partial charge in [-0.05, 0) is 24.3 Å². The lowest BCUT2D eigenvalue weighted by atomic mass is 10.3. The summed E-state index contributed by atoms with van der Waals surface area (Å²) in [5, 5.41) is 7.75. The first-order valence-electron chi connectivity index (χ1n) is 4.07. The Morgan fingerprint density at radius 3 is 2.29 bits per heavy atom. The second-order valence-corrected chi connectivity index (χ2v) is 4.65. The first-order chi connectivity index (χ1) is 6.47. The van der Waals surface area contributed by atoms with E-state index in [1.807, 2.05) is 0 Å². The van der Waals surface area contributed by atoms with Crippen LogP contribution >= 0.6 is 0 Å². The molecule has 5 nitrogen and oxygen atoms in total. The molecule has 1 aromatic rings. The molecule has 0 fully saturated rings. The Hall–Kier alpha value is -1.27. The summed E-state index contributed by atoms with van der Waals surface area (Å²) >= 11 is 0. The van der Waals surface area contributed by atoms with Crippen molar-refractivity contribution in [1.29, 1.82) is 0 Å². The highest BCUT2D eigenvalue weighted by atomic mass is 32.2. The standard InChI is InChI=1S/C8H13N3O2S/c9-7-1-3-8(4-2-7)11-5-6-14(10,12)13/h1-4,11H,5-6,9H2,(H2,10,12,13). The lowest BCUT2D eigenvalue weighted by Gasteiger charge is -2.04. The molecule has 0 bridgehead atoms. The van der Waals surface area contributed by atoms with Gasteiger partial charge in [0.15, 0.2) is 0 Å². The predicted molar refractivity (Wildman–Crippen MR) is 57.3 cm³/mol. The summed E-state index contributed by atoms with van der Waals surface area (Å²) in [6.07, 6.45) is 0. The number of anilines is 2. The Kier molecular flexibility index (Phi) is 3.32. The van der Waals surface area contributed by atoms with Crippen LogP contribution < -0.4 is 16.2 Å². The van der Waals surface area contributed by atoms with Crippen LogP contribution in [0.4, 0.5) is 11.4 Å². The van der Waals surface area contributed by atoms with E-state index in [2.05, 4.69) is 5.32 Å². The molecule has 0 aromatic heterocycles. The van der Waals surface area contributed by atoms with Crippen molar-refractivity contribution >= 4 is 21.4 Å². The minimum absolute atomic E-state index is 0.0859. The molecule has 0 amide bonds. The second-order valence-electron chi connectivity index (χ2n) is 2.92. The van der Waals surface area contributed by atoms with Gasteiger partial charge in [-0.1, -0.05) is 0 Å². The molecular formula is C8H13N3O2S. The van der Waals surface area contributed by atoms with Crippen molar-refractivity contribution in [2.75, 3.05) is 23.3 Å². The lowest BCUT2D eigenvalue weighted by molar-refractivity contribution is 0.598. The fraction of sp³-hybridized carbons (Fsp3) is 0.250. The molecule has 0 atom stereocenters. The van der Waals surface area contributed by atoms with Crippen molar-refractivity contribution in [2.45, 2.75) is 0 Å². The molecule has 0 aliphatic rings. The summed E-state index contributed by atoms with van der Waals surface area (Å²) < 4.78 is 21.2. The number of hydrogen-bond donors (Lipinski definition) is 3. The smallest absolute Gasteiger partial charge is 0.210 e. The third kappa shape index (κ3) is 4.11. The molecule has 6 heteroatoms. The highest BCUT2D eigenvalue weighted by Gasteiger charge is 2.00. The first kappa shape index (κ1) is 10.8. The summed E-state index contributed by atoms with van der Waals surface area (Å²) in [5.41, 5.74) is 6.97. The molecule has 0 saturated heterocycles. The number of hydrogen-bond acceptors (Lipinski definition) is 4. The summed E-state index contributed by atoms with van der Waals surface area (Å²) in [5.74, 6) is -0.0859. The summed E-state index contributed by atoms with van der Waals surface area (Å²) in [6, 6.07) is 7.02. The van der Waals surface area contributed by atoms with Crippen LogP contribution in [-0.2, 0) is 10.0 Å². The topological polar surface area (TPSA) is 98.2 Å². The molecular weight excluding hydrogens is 202 g/mol. The quantitative estimate of drug-likeness (QED) is 0.614. The maximum absolute atomic E-state index is 10.6. The van der Waals surface area contributed by atoms with Crippen molar-refractivity contribution in [3.63, 3.8) is 0 Å². The molecule has 1 rings (SSSR count). The number of nitrogen functional groups attached to an aromatic ring is 1. The van der Waals surface area contributed by atoms with Crippen LogP contribution in [0.2, 0.25) is 0 Å². The second kappa shape index (κ2) is 4.30. The van der Waals surface area contributed by atoms with Gasteiger partial charge in [0.1, 0.15) is 0 Å². The van der Waals surface area contributed by atoms with Gasteiger partial charge in [-0.15, -0.1) is 0 Å². The Bertz CT molecular complexity index is 386. The van der Waals surface area contributed by atoms with Crippen LogP contribution in [-0.4, -0.2) is 20.7 Å². The van der Waals surface area contributed by atoms with E-state index in [1.165, 1.54) is 0 Å². The number of benzene rings is 1. The summed E-state index contributed by atoms with van der Waals surface area (Å²) in [7, 11) is -3.39. The minimum atomic E-state index is -3.39. The molecule has 0 heterocycles. The zero-order valence-corrected chi connectivity index (χ0v) is 8.42. The van der Waals surface area contributed by atoms with Gasteiger partial charge >= 0.3 is 0 Å². The fourth-order valence-electron chi connectivity index (χ4n) is 0.939. The molecule has 5 N–H and O–H groups in total. The van der Waals surface area contributed by atoms with E-state index in [4.69, 9.17) is 10.9 Å². The van der Waals surface area contributed by atoms with Crippen molar-refractivity contribution in [1.82, 2.24) is 0 Å². The van der Waals surface area contributed by atoms with E-state index in [-0.39, 0.29) is 5.75 Å². The van der Waals surface area contributed by atoms with Gasteiger partial charge in [-0.25, -0.2) is 13.6 Å². The average Bonchev–Trinajstić information content (AvgIpc) is 2.06. The molecule has 0 saturated carbocycles. The van der Waals surface area contributed by atoms with Gasteiger partial charge in [0.2, 0.25) is 10.0 Å². The number of nitrogens with two attached hydrogens (primary N) is 2. The third-order valence-corrected chi connectivity index (χ3v) is 2.40. The van der Waals surface area contributed by atoms with Crippen molar-refractivity contribution in [3.8, 4) is 0 Å². The molecule has 78 valence electrons. The monoisotopic (exact) mass is 215 g/mol. The predicted octanol–water partition coefficient (Wildman–Crippen LogP) is -0.0308. The van der Waals surface area contributed by atoms with E-state index in [1.54, 1.807) is 24.3 Å². The van der Waals surface area contributed by atoms with Crippen LogP contribution in [0.15, 0.2) is 24.3 Å². The van der Waals surface area contributed by atoms with E-state index < -0.39 is 10.0 Å². The Labute approximate surface area is 83.2 Å². The number of primary sulfonamides is 1. The zero-order valence-electron chi connectivity index (χ0n) is 7.60. The number of nitrogens with one attached hydrogen (secondary N) is 1. The molecule has 0 aliphatic carbocycles. The third-order valence-electron chi connectivity index (χ3n) is 1.63. The maximum Gasteiger partial charge on any atom is 0.210 e. The van der Waals surface area contributed by atoms with E-state index in [9.17, 15) is 8.42 Å². The van der Waals surface area contributed by atoms with Crippen molar-refractivity contribution in [2.24, 2.45) is 5.14 Å². The van der Waals surface area contributed by atoms with Gasteiger partial charge in [0.05, 0.1) is 5.75 Å². The zero-order chi connectivity index (χ0) is 10.6. The molecule has 0 aliphatic heterocycles. The Morgan fingerprint density at radius 1 is 1.21 bits per heavy atom. The largest absolute Gasteiger partial charge is 0.399 e. The number of rotatable bonds is 4. The summed E-state index contributed by atoms with van der Waals surface area (Å²) in [6.45, 7) is 0.294. The van der Waals surface area contributed by atoms with Crippen LogP contribution in [0.3, 0.4) is 0 Å². The van der Waals surface area contributed by atoms with Gasteiger partial charge in [0, 0.05) is 17.9 Å². The fourth-order valence-corrected chi connectivity index (χ4v) is 1.33. The molecule has 0 radical (unpaired) electrons. The maximum atomic E-state index is 10.6. The van der Waals surface area contributed by atoms with Gasteiger partial charge in [0.25, 0.3) is 0 Å². The normalized spacial score (nSPS) is 11.2. The first-order valence-corrected chi connectivity index (χ1v) is 5.79. The lowest BCUT2D eigenvalue weighted by Crippen LogP contribution is -2.22. The van der Waals surface area contributed by atoms with E-state index >= 15 is 0 Å². The van der Waals surface area contributed by atoms with Crippen LogP contribution in [0.1, 0.15) is 0 Å². The summed E-state index contributed by atoms with van der Waals surface area (Å²) in [4.78, 5) is 0. The Balaban J connectivity index is 2.43. The molecule has 14 heavy (non-hydrogen) atoms. The van der Waals surface area contributed by atoms with Crippen LogP contribution in [0, 0.1) is 0 Å².